The number of aliphatic hydroxyl groups excluding tert-OH is 1. The summed E-state index contributed by atoms with van der Waals surface area (Å²) in [6, 6.07) is 10.4. The third-order valence-corrected chi connectivity index (χ3v) is 4.41. The minimum atomic E-state index is 0.221. The van der Waals surface area contributed by atoms with Crippen molar-refractivity contribution in [2.24, 2.45) is 0 Å². The van der Waals surface area contributed by atoms with Crippen molar-refractivity contribution in [2.75, 3.05) is 13.2 Å². The number of para-hydroxylation sites is 1. The molecule has 1 aromatic heterocycles. The number of aliphatic hydroxyl groups is 1. The van der Waals surface area contributed by atoms with Gasteiger partial charge in [-0.2, -0.15) is 0 Å². The molecule has 106 valence electrons. The molecule has 1 fully saturated rings. The van der Waals surface area contributed by atoms with Crippen LogP contribution in [0.2, 0.25) is 5.15 Å². The van der Waals surface area contributed by atoms with Crippen molar-refractivity contribution in [1.82, 2.24) is 9.88 Å². The van der Waals surface area contributed by atoms with E-state index in [0.29, 0.717) is 5.15 Å². The largest absolute Gasteiger partial charge is 0.395 e. The number of benzene rings is 1. The molecule has 1 aliphatic heterocycles. The van der Waals surface area contributed by atoms with Gasteiger partial charge < -0.3 is 5.11 Å². The van der Waals surface area contributed by atoms with Crippen LogP contribution in [0, 0.1) is 0 Å². The summed E-state index contributed by atoms with van der Waals surface area (Å²) in [5.74, 6) is 0. The molecule has 0 saturated carbocycles. The smallest absolute Gasteiger partial charge is 0.134 e. The lowest BCUT2D eigenvalue weighted by Gasteiger charge is -2.34. The molecule has 3 nitrogen and oxygen atoms in total. The fourth-order valence-corrected chi connectivity index (χ4v) is 3.15. The first-order valence-electron chi connectivity index (χ1n) is 7.17. The van der Waals surface area contributed by atoms with Crippen LogP contribution in [0.5, 0.6) is 0 Å². The quantitative estimate of drug-likeness (QED) is 0.882. The fraction of sp³-hybridized carbons (Fsp3) is 0.438. The van der Waals surface area contributed by atoms with Crippen molar-refractivity contribution in [3.05, 3.63) is 41.0 Å². The van der Waals surface area contributed by atoms with Crippen molar-refractivity contribution >= 4 is 22.5 Å². The van der Waals surface area contributed by atoms with Gasteiger partial charge in [0.2, 0.25) is 0 Å². The molecule has 1 saturated heterocycles. The predicted molar refractivity (Wildman–Crippen MR) is 81.9 cm³/mol. The Morgan fingerprint density at radius 3 is 3.00 bits per heavy atom. The number of hydrogen-bond acceptors (Lipinski definition) is 3. The number of rotatable bonds is 3. The molecule has 2 aromatic rings. The highest BCUT2D eigenvalue weighted by Gasteiger charge is 2.22. The van der Waals surface area contributed by atoms with E-state index in [9.17, 15) is 5.11 Å². The standard InChI is InChI=1S/C16H19ClN2O/c17-16-13(9-12-5-1-2-7-15(12)18-16)10-19-8-4-3-6-14(19)11-20/h1-2,5,7,9,14,20H,3-4,6,8,10-11H2. The van der Waals surface area contributed by atoms with Gasteiger partial charge in [0.25, 0.3) is 0 Å². The Balaban J connectivity index is 1.87. The highest BCUT2D eigenvalue weighted by atomic mass is 35.5. The molecule has 20 heavy (non-hydrogen) atoms. The Morgan fingerprint density at radius 1 is 1.30 bits per heavy atom. The molecule has 4 heteroatoms. The van der Waals surface area contributed by atoms with Gasteiger partial charge in [-0.15, -0.1) is 0 Å². The number of nitrogens with zero attached hydrogens (tertiary/aromatic N) is 2. The second-order valence-electron chi connectivity index (χ2n) is 5.43. The lowest BCUT2D eigenvalue weighted by molar-refractivity contribution is 0.0841. The van der Waals surface area contributed by atoms with E-state index in [2.05, 4.69) is 22.0 Å². The van der Waals surface area contributed by atoms with Gasteiger partial charge >= 0.3 is 0 Å². The van der Waals surface area contributed by atoms with Crippen LogP contribution in [0.3, 0.4) is 0 Å². The highest BCUT2D eigenvalue weighted by Crippen LogP contribution is 2.25. The van der Waals surface area contributed by atoms with Gasteiger partial charge in [-0.1, -0.05) is 36.2 Å². The summed E-state index contributed by atoms with van der Waals surface area (Å²) in [7, 11) is 0. The summed E-state index contributed by atoms with van der Waals surface area (Å²) in [6.07, 6.45) is 3.45. The molecule has 0 bridgehead atoms. The molecule has 1 atom stereocenters. The molecule has 1 aromatic carbocycles. The summed E-state index contributed by atoms with van der Waals surface area (Å²) >= 11 is 6.31. The molecule has 1 N–H and O–H groups in total. The van der Waals surface area contributed by atoms with Gasteiger partial charge in [-0.3, -0.25) is 4.90 Å². The summed E-state index contributed by atoms with van der Waals surface area (Å²) in [5.41, 5.74) is 1.98. The van der Waals surface area contributed by atoms with Crippen molar-refractivity contribution in [3.8, 4) is 0 Å². The van der Waals surface area contributed by atoms with Gasteiger partial charge in [-0.25, -0.2) is 4.98 Å². The second kappa shape index (κ2) is 6.08. The normalized spacial score (nSPS) is 20.4. The minimum absolute atomic E-state index is 0.221. The molecule has 0 radical (unpaired) electrons. The van der Waals surface area contributed by atoms with Crippen molar-refractivity contribution < 1.29 is 5.11 Å². The Morgan fingerprint density at radius 2 is 2.15 bits per heavy atom. The minimum Gasteiger partial charge on any atom is -0.395 e. The number of fused-ring (bicyclic) bond motifs is 1. The van der Waals surface area contributed by atoms with Crippen LogP contribution in [-0.4, -0.2) is 34.2 Å². The lowest BCUT2D eigenvalue weighted by atomic mass is 10.0. The molecular weight excluding hydrogens is 272 g/mol. The van der Waals surface area contributed by atoms with Crippen LogP contribution in [-0.2, 0) is 6.54 Å². The monoisotopic (exact) mass is 290 g/mol. The molecule has 3 rings (SSSR count). The Labute approximate surface area is 124 Å². The zero-order valence-corrected chi connectivity index (χ0v) is 12.2. The van der Waals surface area contributed by atoms with Crippen LogP contribution in [0.1, 0.15) is 24.8 Å². The van der Waals surface area contributed by atoms with E-state index in [1.165, 1.54) is 12.8 Å². The molecule has 1 unspecified atom stereocenters. The molecule has 2 heterocycles. The maximum absolute atomic E-state index is 9.49. The number of pyridine rings is 1. The summed E-state index contributed by atoms with van der Waals surface area (Å²) in [4.78, 5) is 6.79. The first kappa shape index (κ1) is 13.8. The van der Waals surface area contributed by atoms with E-state index < -0.39 is 0 Å². The molecule has 0 spiro atoms. The van der Waals surface area contributed by atoms with Crippen molar-refractivity contribution in [2.45, 2.75) is 31.8 Å². The average molecular weight is 291 g/mol. The average Bonchev–Trinajstić information content (AvgIpc) is 2.48. The topological polar surface area (TPSA) is 36.4 Å². The van der Waals surface area contributed by atoms with Crippen LogP contribution >= 0.6 is 11.6 Å². The number of hydrogen-bond donors (Lipinski definition) is 1. The van der Waals surface area contributed by atoms with Gasteiger partial charge in [0.05, 0.1) is 12.1 Å². The Hall–Kier alpha value is -1.16. The Kier molecular flexibility index (Phi) is 4.20. The molecule has 1 aliphatic rings. The van der Waals surface area contributed by atoms with Gasteiger partial charge in [0, 0.05) is 23.5 Å². The third-order valence-electron chi connectivity index (χ3n) is 4.08. The van der Waals surface area contributed by atoms with Gasteiger partial charge in [0.15, 0.2) is 0 Å². The molecule has 0 amide bonds. The van der Waals surface area contributed by atoms with E-state index in [4.69, 9.17) is 11.6 Å². The summed E-state index contributed by atoms with van der Waals surface area (Å²) in [5, 5.41) is 11.2. The Bertz CT molecular complexity index is 602. The summed E-state index contributed by atoms with van der Waals surface area (Å²) < 4.78 is 0. The summed E-state index contributed by atoms with van der Waals surface area (Å²) in [6.45, 7) is 2.01. The maximum atomic E-state index is 9.49. The van der Waals surface area contributed by atoms with E-state index in [-0.39, 0.29) is 12.6 Å². The van der Waals surface area contributed by atoms with E-state index >= 15 is 0 Å². The molecule has 0 aliphatic carbocycles. The van der Waals surface area contributed by atoms with Crippen LogP contribution < -0.4 is 0 Å². The maximum Gasteiger partial charge on any atom is 0.134 e. The lowest BCUT2D eigenvalue weighted by Crippen LogP contribution is -2.41. The van der Waals surface area contributed by atoms with Gasteiger partial charge in [0.1, 0.15) is 5.15 Å². The zero-order chi connectivity index (χ0) is 13.9. The highest BCUT2D eigenvalue weighted by molar-refractivity contribution is 6.30. The van der Waals surface area contributed by atoms with Gasteiger partial charge in [-0.05, 0) is 31.5 Å². The van der Waals surface area contributed by atoms with Crippen molar-refractivity contribution in [3.63, 3.8) is 0 Å². The van der Waals surface area contributed by atoms with Crippen LogP contribution in [0.25, 0.3) is 10.9 Å². The first-order chi connectivity index (χ1) is 9.78. The number of aromatic nitrogens is 1. The number of halogens is 1. The first-order valence-corrected chi connectivity index (χ1v) is 7.55. The second-order valence-corrected chi connectivity index (χ2v) is 5.79. The number of piperidine rings is 1. The van der Waals surface area contributed by atoms with Crippen LogP contribution in [0.15, 0.2) is 30.3 Å². The zero-order valence-electron chi connectivity index (χ0n) is 11.4. The van der Waals surface area contributed by atoms with E-state index in [1.54, 1.807) is 0 Å². The van der Waals surface area contributed by atoms with Crippen molar-refractivity contribution in [1.29, 1.82) is 0 Å². The van der Waals surface area contributed by atoms with Crippen LogP contribution in [0.4, 0.5) is 0 Å². The fourth-order valence-electron chi connectivity index (χ4n) is 2.94. The number of likely N-dealkylation sites (tertiary alicyclic amines) is 1. The SMILES string of the molecule is OCC1CCCCN1Cc1cc2ccccc2nc1Cl. The third kappa shape index (κ3) is 2.80. The van der Waals surface area contributed by atoms with E-state index in [1.807, 2.05) is 18.2 Å². The predicted octanol–water partition coefficient (Wildman–Crippen LogP) is 3.24. The van der Waals surface area contributed by atoms with E-state index in [0.717, 1.165) is 36.0 Å². The molecular formula is C16H19ClN2O.